The van der Waals surface area contributed by atoms with E-state index >= 15 is 0 Å². The second kappa shape index (κ2) is 16.6. The molecule has 0 bridgehead atoms. The fraction of sp³-hybridized carbons (Fsp3) is 0.885. The van der Waals surface area contributed by atoms with Crippen molar-refractivity contribution in [3.63, 3.8) is 0 Å². The normalized spacial score (nSPS) is 29.3. The Morgan fingerprint density at radius 1 is 0.703 bits per heavy atom. The molecule has 0 aromatic carbocycles. The second-order valence-electron chi connectivity index (χ2n) is 9.90. The average molecular weight is 527 g/mol. The van der Waals surface area contributed by atoms with Gasteiger partial charge in [0.15, 0.2) is 25.2 Å². The van der Waals surface area contributed by atoms with Crippen molar-refractivity contribution in [2.45, 2.75) is 64.7 Å². The topological polar surface area (TPSA) is 107 Å². The summed E-state index contributed by atoms with van der Waals surface area (Å²) in [4.78, 5) is 20.4. The lowest BCUT2D eigenvalue weighted by molar-refractivity contribution is -0.388. The van der Waals surface area contributed by atoms with Crippen molar-refractivity contribution in [2.24, 2.45) is 0 Å². The van der Waals surface area contributed by atoms with Crippen molar-refractivity contribution in [3.8, 4) is 11.8 Å². The van der Waals surface area contributed by atoms with Gasteiger partial charge in [0.05, 0.1) is 13.1 Å². The molecule has 0 aromatic heterocycles. The van der Waals surface area contributed by atoms with Crippen LogP contribution < -0.4 is 0 Å². The van der Waals surface area contributed by atoms with Crippen LogP contribution in [-0.4, -0.2) is 146 Å². The van der Waals surface area contributed by atoms with Gasteiger partial charge in [-0.25, -0.2) is 0 Å². The van der Waals surface area contributed by atoms with Gasteiger partial charge in [-0.05, 0) is 12.8 Å². The van der Waals surface area contributed by atoms with Gasteiger partial charge >= 0.3 is 5.97 Å². The summed E-state index contributed by atoms with van der Waals surface area (Å²) < 4.78 is 23.6. The molecule has 3 saturated heterocycles. The highest BCUT2D eigenvalue weighted by atomic mass is 16.9. The van der Waals surface area contributed by atoms with E-state index in [9.17, 15) is 9.90 Å². The van der Waals surface area contributed by atoms with Crippen LogP contribution in [0, 0.1) is 11.8 Å². The Kier molecular flexibility index (Phi) is 13.5. The minimum atomic E-state index is -0.827. The van der Waals surface area contributed by atoms with E-state index in [1.54, 1.807) is 0 Å². The largest absolute Gasteiger partial charge is 0.480 e. The number of nitrogens with zero attached hydrogens (tertiary/aromatic N) is 4. The first-order valence-corrected chi connectivity index (χ1v) is 13.8. The number of carboxylic acid groups (broad SMARTS) is 1. The molecule has 11 heteroatoms. The Morgan fingerprint density at radius 2 is 1.14 bits per heavy atom. The van der Waals surface area contributed by atoms with E-state index in [1.165, 1.54) is 0 Å². The summed E-state index contributed by atoms with van der Waals surface area (Å²) in [5, 5.41) is 18.5. The van der Waals surface area contributed by atoms with Crippen molar-refractivity contribution in [1.29, 1.82) is 0 Å². The molecule has 3 fully saturated rings. The van der Waals surface area contributed by atoms with Crippen LogP contribution in [0.3, 0.4) is 0 Å². The fourth-order valence-electron chi connectivity index (χ4n) is 4.71. The Bertz CT molecular complexity index is 721. The lowest BCUT2D eigenvalue weighted by Gasteiger charge is -2.41. The predicted octanol–water partition coefficient (Wildman–Crippen LogP) is 0.287. The molecule has 0 spiro atoms. The van der Waals surface area contributed by atoms with Crippen molar-refractivity contribution < 1.29 is 34.0 Å². The zero-order chi connectivity index (χ0) is 26.5. The van der Waals surface area contributed by atoms with E-state index < -0.39 is 5.97 Å². The third kappa shape index (κ3) is 11.1. The van der Waals surface area contributed by atoms with Crippen LogP contribution in [0.25, 0.3) is 0 Å². The number of hydrogen-bond donors (Lipinski definition) is 2. The summed E-state index contributed by atoms with van der Waals surface area (Å²) in [7, 11) is 0. The Morgan fingerprint density at radius 3 is 1.54 bits per heavy atom. The maximum atomic E-state index is 11.5. The summed E-state index contributed by atoms with van der Waals surface area (Å²) in [5.41, 5.74) is 0. The molecule has 11 nitrogen and oxygen atoms in total. The molecular weight excluding hydrogens is 480 g/mol. The quantitative estimate of drug-likeness (QED) is 0.363. The van der Waals surface area contributed by atoms with E-state index in [2.05, 4.69) is 40.4 Å². The molecule has 0 amide bonds. The van der Waals surface area contributed by atoms with E-state index in [1.807, 2.05) is 4.90 Å². The summed E-state index contributed by atoms with van der Waals surface area (Å²) in [6.45, 7) is 11.9. The molecule has 0 atom stereocenters. The van der Waals surface area contributed by atoms with E-state index in [4.69, 9.17) is 24.1 Å². The molecule has 0 unspecified atom stereocenters. The molecule has 3 rings (SSSR count). The van der Waals surface area contributed by atoms with Crippen LogP contribution in [0.2, 0.25) is 0 Å². The molecule has 0 aromatic rings. The molecule has 3 aliphatic rings. The number of hydrogen-bond acceptors (Lipinski definition) is 10. The van der Waals surface area contributed by atoms with Crippen LogP contribution in [0.15, 0.2) is 0 Å². The van der Waals surface area contributed by atoms with Gasteiger partial charge in [0.25, 0.3) is 0 Å². The fourth-order valence-corrected chi connectivity index (χ4v) is 4.71. The predicted molar refractivity (Wildman–Crippen MR) is 138 cm³/mol. The molecule has 212 valence electrons. The summed E-state index contributed by atoms with van der Waals surface area (Å²) in [6, 6.07) is 0. The van der Waals surface area contributed by atoms with Gasteiger partial charge in [-0.3, -0.25) is 24.4 Å². The number of aliphatic carboxylic acids is 1. The third-order valence-corrected chi connectivity index (χ3v) is 6.87. The molecule has 3 heterocycles. The molecule has 3 aliphatic heterocycles. The minimum absolute atomic E-state index is 0.000407. The van der Waals surface area contributed by atoms with Crippen molar-refractivity contribution in [1.82, 2.24) is 19.6 Å². The van der Waals surface area contributed by atoms with Gasteiger partial charge in [0.1, 0.15) is 6.61 Å². The average Bonchev–Trinajstić information content (AvgIpc) is 2.81. The SMILES string of the molecule is CCCC1OC(CN2CCN(CC#CCO)CCN(CC(=O)O)CCN(CC3OC(CCC)O3)CC2)O1. The Balaban J connectivity index is 1.62. The third-order valence-electron chi connectivity index (χ3n) is 6.87. The van der Waals surface area contributed by atoms with Crippen LogP contribution in [0.5, 0.6) is 0 Å². The monoisotopic (exact) mass is 526 g/mol. The van der Waals surface area contributed by atoms with Crippen LogP contribution in [0.4, 0.5) is 0 Å². The number of carboxylic acids is 1. The van der Waals surface area contributed by atoms with Crippen molar-refractivity contribution >= 4 is 5.97 Å². The van der Waals surface area contributed by atoms with Gasteiger partial charge in [-0.15, -0.1) is 0 Å². The molecular formula is C26H46N4O7. The standard InChI is InChI=1S/C26H46N4O7/c1-3-7-23-34-25(35-23)20-29-13-11-27(9-5-6-18-31)10-12-28(19-22(32)33)14-15-30(17-16-29)21-26-36-24(37-26)8-4-2/h23-26,31H,3-4,7-21H2,1-2H3,(H,32,33). The molecule has 0 saturated carbocycles. The number of ether oxygens (including phenoxy) is 4. The van der Waals surface area contributed by atoms with E-state index in [0.717, 1.165) is 58.4 Å². The highest BCUT2D eigenvalue weighted by Gasteiger charge is 2.33. The van der Waals surface area contributed by atoms with Crippen molar-refractivity contribution in [2.75, 3.05) is 85.1 Å². The van der Waals surface area contributed by atoms with Crippen LogP contribution >= 0.6 is 0 Å². The maximum Gasteiger partial charge on any atom is 0.317 e. The number of aliphatic hydroxyl groups excluding tert-OH is 1. The number of aliphatic hydroxyl groups is 1. The highest BCUT2D eigenvalue weighted by Crippen LogP contribution is 2.23. The minimum Gasteiger partial charge on any atom is -0.480 e. The van der Waals surface area contributed by atoms with E-state index in [0.29, 0.717) is 39.3 Å². The zero-order valence-electron chi connectivity index (χ0n) is 22.6. The number of rotatable bonds is 11. The second-order valence-corrected chi connectivity index (χ2v) is 9.90. The summed E-state index contributed by atoms with van der Waals surface area (Å²) >= 11 is 0. The lowest BCUT2D eigenvalue weighted by atomic mass is 10.3. The highest BCUT2D eigenvalue weighted by molar-refractivity contribution is 5.69. The molecule has 0 aliphatic carbocycles. The summed E-state index contributed by atoms with van der Waals surface area (Å²) in [5.74, 6) is 4.91. The lowest BCUT2D eigenvalue weighted by Crippen LogP contribution is -2.53. The first kappa shape index (κ1) is 30.2. The van der Waals surface area contributed by atoms with Gasteiger partial charge in [-0.2, -0.15) is 0 Å². The zero-order valence-corrected chi connectivity index (χ0v) is 22.6. The first-order chi connectivity index (χ1) is 18.0. The Labute approximate surface area is 221 Å². The molecule has 37 heavy (non-hydrogen) atoms. The van der Waals surface area contributed by atoms with Crippen molar-refractivity contribution in [3.05, 3.63) is 0 Å². The van der Waals surface area contributed by atoms with Gasteiger partial charge < -0.3 is 29.2 Å². The molecule has 0 radical (unpaired) electrons. The van der Waals surface area contributed by atoms with Gasteiger partial charge in [0.2, 0.25) is 0 Å². The smallest absolute Gasteiger partial charge is 0.317 e. The van der Waals surface area contributed by atoms with Gasteiger partial charge in [-0.1, -0.05) is 38.5 Å². The van der Waals surface area contributed by atoms with Crippen LogP contribution in [0.1, 0.15) is 39.5 Å². The maximum absolute atomic E-state index is 11.5. The van der Waals surface area contributed by atoms with Crippen LogP contribution in [-0.2, 0) is 23.7 Å². The summed E-state index contributed by atoms with van der Waals surface area (Å²) in [6.07, 6.45) is 3.22. The van der Waals surface area contributed by atoms with Gasteiger partial charge in [0, 0.05) is 65.4 Å². The number of carbonyl (C=O) groups is 1. The van der Waals surface area contributed by atoms with E-state index in [-0.39, 0.29) is 38.3 Å². The molecule has 2 N–H and O–H groups in total. The Hall–Kier alpha value is -1.33. The first-order valence-electron chi connectivity index (χ1n) is 13.8.